The van der Waals surface area contributed by atoms with Gasteiger partial charge in [0.15, 0.2) is 0 Å². The Balaban J connectivity index is 1.72. The first-order chi connectivity index (χ1) is 6.38. The molecule has 4 atom stereocenters. The molecule has 1 heteroatoms. The average molecular weight is 178 g/mol. The molecule has 0 radical (unpaired) electrons. The number of rotatable bonds is 2. The van der Waals surface area contributed by atoms with Gasteiger partial charge >= 0.3 is 0 Å². The van der Waals surface area contributed by atoms with Crippen LogP contribution in [0.1, 0.15) is 38.5 Å². The molecule has 3 rings (SSSR count). The summed E-state index contributed by atoms with van der Waals surface area (Å²) >= 11 is 0. The SMILES string of the molecule is O=CCC1CC2C3CCC(C3)C2C1. The highest BCUT2D eigenvalue weighted by Crippen LogP contribution is 2.60. The Bertz CT molecular complexity index is 205. The maximum atomic E-state index is 10.5. The zero-order chi connectivity index (χ0) is 8.84. The molecule has 13 heavy (non-hydrogen) atoms. The first-order valence-electron chi connectivity index (χ1n) is 5.82. The molecule has 3 saturated carbocycles. The molecule has 0 saturated heterocycles. The lowest BCUT2D eigenvalue weighted by atomic mass is 9.82. The van der Waals surface area contributed by atoms with Crippen LogP contribution in [0.4, 0.5) is 0 Å². The summed E-state index contributed by atoms with van der Waals surface area (Å²) < 4.78 is 0. The maximum Gasteiger partial charge on any atom is 0.120 e. The third kappa shape index (κ3) is 1.09. The fraction of sp³-hybridized carbons (Fsp3) is 0.917. The van der Waals surface area contributed by atoms with Gasteiger partial charge < -0.3 is 4.79 Å². The van der Waals surface area contributed by atoms with Crippen LogP contribution in [0.25, 0.3) is 0 Å². The summed E-state index contributed by atoms with van der Waals surface area (Å²) in [6.45, 7) is 0. The van der Waals surface area contributed by atoms with Gasteiger partial charge in [-0.3, -0.25) is 0 Å². The van der Waals surface area contributed by atoms with Crippen LogP contribution in [0, 0.1) is 29.6 Å². The van der Waals surface area contributed by atoms with Crippen LogP contribution in [-0.4, -0.2) is 6.29 Å². The van der Waals surface area contributed by atoms with Crippen LogP contribution in [0.15, 0.2) is 0 Å². The van der Waals surface area contributed by atoms with E-state index in [9.17, 15) is 4.79 Å². The van der Waals surface area contributed by atoms with E-state index in [0.29, 0.717) is 0 Å². The van der Waals surface area contributed by atoms with E-state index >= 15 is 0 Å². The number of carbonyl (C=O) groups excluding carboxylic acids is 1. The fourth-order valence-electron chi connectivity index (χ4n) is 4.46. The van der Waals surface area contributed by atoms with Crippen LogP contribution in [-0.2, 0) is 4.79 Å². The summed E-state index contributed by atoms with van der Waals surface area (Å²) in [5.41, 5.74) is 0. The molecular formula is C12H18O. The Morgan fingerprint density at radius 1 is 1.00 bits per heavy atom. The van der Waals surface area contributed by atoms with Crippen LogP contribution < -0.4 is 0 Å². The normalized spacial score (nSPS) is 52.5. The molecule has 0 amide bonds. The van der Waals surface area contributed by atoms with E-state index in [1.165, 1.54) is 32.1 Å². The number of hydrogen-bond donors (Lipinski definition) is 0. The molecule has 0 heterocycles. The molecular weight excluding hydrogens is 160 g/mol. The van der Waals surface area contributed by atoms with Gasteiger partial charge in [0.25, 0.3) is 0 Å². The molecule has 0 aromatic carbocycles. The largest absolute Gasteiger partial charge is 0.303 e. The van der Waals surface area contributed by atoms with Gasteiger partial charge in [0.2, 0.25) is 0 Å². The third-order valence-corrected chi connectivity index (χ3v) is 4.92. The fourth-order valence-corrected chi connectivity index (χ4v) is 4.46. The molecule has 2 bridgehead atoms. The quantitative estimate of drug-likeness (QED) is 0.594. The van der Waals surface area contributed by atoms with Crippen molar-refractivity contribution >= 4 is 6.29 Å². The van der Waals surface area contributed by atoms with Gasteiger partial charge in [0.05, 0.1) is 0 Å². The van der Waals surface area contributed by atoms with Crippen molar-refractivity contribution in [2.75, 3.05) is 0 Å². The highest BCUT2D eigenvalue weighted by molar-refractivity contribution is 5.49. The summed E-state index contributed by atoms with van der Waals surface area (Å²) in [4.78, 5) is 10.5. The highest BCUT2D eigenvalue weighted by Gasteiger charge is 2.51. The first-order valence-corrected chi connectivity index (χ1v) is 5.82. The summed E-state index contributed by atoms with van der Waals surface area (Å²) in [5.74, 6) is 4.95. The average Bonchev–Trinajstić information content (AvgIpc) is 2.72. The van der Waals surface area contributed by atoms with Gasteiger partial charge in [-0.2, -0.15) is 0 Å². The van der Waals surface area contributed by atoms with Gasteiger partial charge in [-0.1, -0.05) is 0 Å². The molecule has 3 aliphatic carbocycles. The number of carbonyl (C=O) groups is 1. The summed E-state index contributed by atoms with van der Waals surface area (Å²) in [5, 5.41) is 0. The summed E-state index contributed by atoms with van der Waals surface area (Å²) in [6.07, 6.45) is 9.26. The lowest BCUT2D eigenvalue weighted by molar-refractivity contribution is -0.108. The van der Waals surface area contributed by atoms with Gasteiger partial charge in [-0.05, 0) is 61.7 Å². The van der Waals surface area contributed by atoms with Crippen molar-refractivity contribution in [2.24, 2.45) is 29.6 Å². The highest BCUT2D eigenvalue weighted by atomic mass is 16.1. The molecule has 0 aromatic rings. The Kier molecular flexibility index (Phi) is 1.75. The predicted octanol–water partition coefficient (Wildman–Crippen LogP) is 2.65. The van der Waals surface area contributed by atoms with Gasteiger partial charge in [0, 0.05) is 6.42 Å². The van der Waals surface area contributed by atoms with E-state index < -0.39 is 0 Å². The van der Waals surface area contributed by atoms with Crippen LogP contribution in [0.3, 0.4) is 0 Å². The van der Waals surface area contributed by atoms with E-state index in [1.54, 1.807) is 0 Å². The Morgan fingerprint density at radius 2 is 1.62 bits per heavy atom. The second-order valence-corrected chi connectivity index (χ2v) is 5.40. The van der Waals surface area contributed by atoms with Crippen molar-refractivity contribution in [1.82, 2.24) is 0 Å². The van der Waals surface area contributed by atoms with Gasteiger partial charge in [-0.25, -0.2) is 0 Å². The molecule has 0 aromatic heterocycles. The van der Waals surface area contributed by atoms with E-state index in [2.05, 4.69) is 0 Å². The molecule has 3 fully saturated rings. The molecule has 4 unspecified atom stereocenters. The van der Waals surface area contributed by atoms with Crippen LogP contribution >= 0.6 is 0 Å². The second kappa shape index (κ2) is 2.83. The zero-order valence-corrected chi connectivity index (χ0v) is 8.11. The minimum absolute atomic E-state index is 0.760. The number of hydrogen-bond acceptors (Lipinski definition) is 1. The predicted molar refractivity (Wildman–Crippen MR) is 51.2 cm³/mol. The molecule has 0 aliphatic heterocycles. The Hall–Kier alpha value is -0.330. The second-order valence-electron chi connectivity index (χ2n) is 5.40. The molecule has 1 nitrogen and oxygen atoms in total. The zero-order valence-electron chi connectivity index (χ0n) is 8.11. The van der Waals surface area contributed by atoms with Gasteiger partial charge in [-0.15, -0.1) is 0 Å². The monoisotopic (exact) mass is 178 g/mol. The van der Waals surface area contributed by atoms with E-state index in [1.807, 2.05) is 0 Å². The molecule has 0 N–H and O–H groups in total. The van der Waals surface area contributed by atoms with Crippen molar-refractivity contribution in [1.29, 1.82) is 0 Å². The Morgan fingerprint density at radius 3 is 2.15 bits per heavy atom. The number of aldehydes is 1. The van der Waals surface area contributed by atoms with Crippen LogP contribution in [0.5, 0.6) is 0 Å². The third-order valence-electron chi connectivity index (χ3n) is 4.92. The summed E-state index contributed by atoms with van der Waals surface area (Å²) in [6, 6.07) is 0. The molecule has 72 valence electrons. The lowest BCUT2D eigenvalue weighted by Gasteiger charge is -2.23. The lowest BCUT2D eigenvalue weighted by Crippen LogP contribution is -2.15. The van der Waals surface area contributed by atoms with Crippen molar-refractivity contribution in [2.45, 2.75) is 38.5 Å². The van der Waals surface area contributed by atoms with E-state index in [4.69, 9.17) is 0 Å². The molecule has 0 spiro atoms. The van der Waals surface area contributed by atoms with Crippen molar-refractivity contribution in [3.63, 3.8) is 0 Å². The minimum Gasteiger partial charge on any atom is -0.303 e. The van der Waals surface area contributed by atoms with Crippen molar-refractivity contribution in [3.8, 4) is 0 Å². The smallest absolute Gasteiger partial charge is 0.120 e. The minimum atomic E-state index is 0.760. The van der Waals surface area contributed by atoms with E-state index in [0.717, 1.165) is 42.3 Å². The van der Waals surface area contributed by atoms with Crippen molar-refractivity contribution in [3.05, 3.63) is 0 Å². The number of fused-ring (bicyclic) bond motifs is 5. The van der Waals surface area contributed by atoms with Gasteiger partial charge in [0.1, 0.15) is 6.29 Å². The topological polar surface area (TPSA) is 17.1 Å². The molecule has 3 aliphatic rings. The van der Waals surface area contributed by atoms with Crippen LogP contribution in [0.2, 0.25) is 0 Å². The maximum absolute atomic E-state index is 10.5. The summed E-state index contributed by atoms with van der Waals surface area (Å²) in [7, 11) is 0. The Labute approximate surface area is 79.9 Å². The first kappa shape index (κ1) is 8.02. The van der Waals surface area contributed by atoms with Crippen molar-refractivity contribution < 1.29 is 4.79 Å². The van der Waals surface area contributed by atoms with E-state index in [-0.39, 0.29) is 0 Å². The standard InChI is InChI=1S/C12H18O/c13-4-3-8-5-11-9-1-2-10(7-9)12(11)6-8/h4,8-12H,1-3,5-7H2.